The Hall–Kier alpha value is -2.54. The summed E-state index contributed by atoms with van der Waals surface area (Å²) < 4.78 is 10.6. The fourth-order valence-corrected chi connectivity index (χ4v) is 2.30. The second-order valence-corrected chi connectivity index (χ2v) is 5.66. The summed E-state index contributed by atoms with van der Waals surface area (Å²) in [5, 5.41) is 5.46. The van der Waals surface area contributed by atoms with Crippen LogP contribution < -0.4 is 15.4 Å². The Morgan fingerprint density at radius 3 is 2.54 bits per heavy atom. The summed E-state index contributed by atoms with van der Waals surface area (Å²) in [5.74, 6) is 0.341. The number of anilines is 1. The van der Waals surface area contributed by atoms with E-state index >= 15 is 0 Å². The van der Waals surface area contributed by atoms with Crippen LogP contribution >= 0.6 is 15.9 Å². The van der Waals surface area contributed by atoms with Crippen LogP contribution in [0.3, 0.4) is 0 Å². The highest BCUT2D eigenvalue weighted by Gasteiger charge is 2.06. The summed E-state index contributed by atoms with van der Waals surface area (Å²) in [5.41, 5.74) is 1.57. The van der Waals surface area contributed by atoms with Gasteiger partial charge < -0.3 is 20.1 Å². The highest BCUT2D eigenvalue weighted by atomic mass is 79.9. The van der Waals surface area contributed by atoms with Crippen molar-refractivity contribution in [1.29, 1.82) is 0 Å². The van der Waals surface area contributed by atoms with Crippen molar-refractivity contribution >= 4 is 33.8 Å². The standard InChI is InChI=1S/C17H17BrN2O4/c1-2-23-17(22)24-15-8-6-14(7-9-15)20-16(21)19-11-12-4-3-5-13(18)10-12/h3-10H,2,11H2,1H3,(H2,19,20,21). The number of urea groups is 1. The first-order valence-corrected chi connectivity index (χ1v) is 8.10. The van der Waals surface area contributed by atoms with Crippen molar-refractivity contribution in [3.63, 3.8) is 0 Å². The lowest BCUT2D eigenvalue weighted by molar-refractivity contribution is 0.104. The van der Waals surface area contributed by atoms with Gasteiger partial charge in [0.2, 0.25) is 0 Å². The number of nitrogens with one attached hydrogen (secondary N) is 2. The molecule has 7 heteroatoms. The van der Waals surface area contributed by atoms with E-state index in [1.807, 2.05) is 24.3 Å². The number of carbonyl (C=O) groups excluding carboxylic acids is 2. The highest BCUT2D eigenvalue weighted by molar-refractivity contribution is 9.10. The Morgan fingerprint density at radius 2 is 1.88 bits per heavy atom. The molecule has 2 N–H and O–H groups in total. The largest absolute Gasteiger partial charge is 0.513 e. The first-order valence-electron chi connectivity index (χ1n) is 7.31. The smallest absolute Gasteiger partial charge is 0.434 e. The monoisotopic (exact) mass is 392 g/mol. The molecule has 2 aromatic rings. The predicted molar refractivity (Wildman–Crippen MR) is 94.1 cm³/mol. The highest BCUT2D eigenvalue weighted by Crippen LogP contribution is 2.16. The summed E-state index contributed by atoms with van der Waals surface area (Å²) in [6, 6.07) is 13.8. The maximum Gasteiger partial charge on any atom is 0.513 e. The molecule has 0 fully saturated rings. The predicted octanol–water partition coefficient (Wildman–Crippen LogP) is 4.31. The summed E-state index contributed by atoms with van der Waals surface area (Å²) in [4.78, 5) is 23.1. The summed E-state index contributed by atoms with van der Waals surface area (Å²) >= 11 is 3.38. The molecule has 24 heavy (non-hydrogen) atoms. The summed E-state index contributed by atoms with van der Waals surface area (Å²) in [6.07, 6.45) is -0.759. The van der Waals surface area contributed by atoms with E-state index in [0.29, 0.717) is 18.0 Å². The summed E-state index contributed by atoms with van der Waals surface area (Å²) in [6.45, 7) is 2.35. The first kappa shape index (κ1) is 17.8. The van der Waals surface area contributed by atoms with E-state index in [1.54, 1.807) is 31.2 Å². The van der Waals surface area contributed by atoms with Gasteiger partial charge in [-0.2, -0.15) is 0 Å². The molecule has 0 spiro atoms. The van der Waals surface area contributed by atoms with Crippen LogP contribution in [0, 0.1) is 0 Å². The zero-order valence-electron chi connectivity index (χ0n) is 13.0. The van der Waals surface area contributed by atoms with Crippen LogP contribution in [0.1, 0.15) is 12.5 Å². The Bertz CT molecular complexity index is 704. The van der Waals surface area contributed by atoms with Gasteiger partial charge in [-0.15, -0.1) is 0 Å². The molecule has 0 heterocycles. The van der Waals surface area contributed by atoms with Gasteiger partial charge >= 0.3 is 12.2 Å². The average Bonchev–Trinajstić information content (AvgIpc) is 2.55. The summed E-state index contributed by atoms with van der Waals surface area (Å²) in [7, 11) is 0. The molecule has 0 aliphatic carbocycles. The topological polar surface area (TPSA) is 76.7 Å². The fraction of sp³-hybridized carbons (Fsp3) is 0.176. The van der Waals surface area contributed by atoms with E-state index in [2.05, 4.69) is 31.3 Å². The Kier molecular flexibility index (Phi) is 6.62. The number of amides is 2. The minimum atomic E-state index is -0.759. The third-order valence-corrected chi connectivity index (χ3v) is 3.41. The number of ether oxygens (including phenoxy) is 2. The Balaban J connectivity index is 1.82. The molecule has 0 aliphatic heterocycles. The molecule has 0 bridgehead atoms. The molecule has 6 nitrogen and oxygen atoms in total. The van der Waals surface area contributed by atoms with E-state index < -0.39 is 6.16 Å². The van der Waals surface area contributed by atoms with Gasteiger partial charge in [-0.1, -0.05) is 28.1 Å². The van der Waals surface area contributed by atoms with Crippen molar-refractivity contribution in [1.82, 2.24) is 5.32 Å². The van der Waals surface area contributed by atoms with Gasteiger partial charge in [-0.3, -0.25) is 0 Å². The van der Waals surface area contributed by atoms with Crippen LogP contribution in [-0.2, 0) is 11.3 Å². The second kappa shape index (κ2) is 8.93. The number of hydrogen-bond acceptors (Lipinski definition) is 4. The molecule has 0 unspecified atom stereocenters. The molecule has 0 atom stereocenters. The van der Waals surface area contributed by atoms with E-state index in [9.17, 15) is 9.59 Å². The van der Waals surface area contributed by atoms with Gasteiger partial charge in [-0.25, -0.2) is 9.59 Å². The van der Waals surface area contributed by atoms with E-state index in [4.69, 9.17) is 4.74 Å². The van der Waals surface area contributed by atoms with Crippen LogP contribution in [0.15, 0.2) is 53.0 Å². The average molecular weight is 393 g/mol. The van der Waals surface area contributed by atoms with Gasteiger partial charge in [0.1, 0.15) is 5.75 Å². The Labute approximate surface area is 148 Å². The van der Waals surface area contributed by atoms with E-state index in [0.717, 1.165) is 10.0 Å². The third-order valence-electron chi connectivity index (χ3n) is 2.92. The maximum absolute atomic E-state index is 11.9. The van der Waals surface area contributed by atoms with Crippen LogP contribution in [0.2, 0.25) is 0 Å². The van der Waals surface area contributed by atoms with Gasteiger partial charge in [0.05, 0.1) is 6.61 Å². The Morgan fingerprint density at radius 1 is 1.12 bits per heavy atom. The van der Waals surface area contributed by atoms with Gasteiger partial charge in [0.15, 0.2) is 0 Å². The molecule has 0 radical (unpaired) electrons. The van der Waals surface area contributed by atoms with E-state index in [-0.39, 0.29) is 12.6 Å². The number of benzene rings is 2. The molecule has 0 aromatic heterocycles. The second-order valence-electron chi connectivity index (χ2n) is 4.75. The zero-order chi connectivity index (χ0) is 17.4. The normalized spacial score (nSPS) is 9.92. The van der Waals surface area contributed by atoms with Crippen LogP contribution in [0.5, 0.6) is 5.75 Å². The maximum atomic E-state index is 11.9. The molecule has 0 saturated heterocycles. The quantitative estimate of drug-likeness (QED) is 0.587. The molecular weight excluding hydrogens is 376 g/mol. The lowest BCUT2D eigenvalue weighted by atomic mass is 10.2. The SMILES string of the molecule is CCOC(=O)Oc1ccc(NC(=O)NCc2cccc(Br)c2)cc1. The first-order chi connectivity index (χ1) is 11.6. The lowest BCUT2D eigenvalue weighted by Crippen LogP contribution is -2.28. The molecule has 0 aliphatic rings. The van der Waals surface area contributed by atoms with Crippen molar-refractivity contribution in [2.45, 2.75) is 13.5 Å². The number of carbonyl (C=O) groups is 2. The number of hydrogen-bond donors (Lipinski definition) is 2. The molecule has 126 valence electrons. The molecule has 2 aromatic carbocycles. The number of rotatable bonds is 5. The minimum absolute atomic E-state index is 0.247. The van der Waals surface area contributed by atoms with Crippen LogP contribution in [-0.4, -0.2) is 18.8 Å². The number of halogens is 1. The van der Waals surface area contributed by atoms with Crippen molar-refractivity contribution in [3.05, 3.63) is 58.6 Å². The van der Waals surface area contributed by atoms with Crippen molar-refractivity contribution in [3.8, 4) is 5.75 Å². The van der Waals surface area contributed by atoms with Gasteiger partial charge in [-0.05, 0) is 48.9 Å². The molecule has 2 amide bonds. The van der Waals surface area contributed by atoms with Crippen molar-refractivity contribution in [2.24, 2.45) is 0 Å². The lowest BCUT2D eigenvalue weighted by Gasteiger charge is -2.09. The fourth-order valence-electron chi connectivity index (χ4n) is 1.85. The van der Waals surface area contributed by atoms with Crippen LogP contribution in [0.4, 0.5) is 15.3 Å². The van der Waals surface area contributed by atoms with Crippen molar-refractivity contribution in [2.75, 3.05) is 11.9 Å². The van der Waals surface area contributed by atoms with Gasteiger partial charge in [0, 0.05) is 16.7 Å². The van der Waals surface area contributed by atoms with E-state index in [1.165, 1.54) is 0 Å². The molecule has 0 saturated carbocycles. The zero-order valence-corrected chi connectivity index (χ0v) is 14.6. The van der Waals surface area contributed by atoms with Crippen molar-refractivity contribution < 1.29 is 19.1 Å². The molecular formula is C17H17BrN2O4. The van der Waals surface area contributed by atoms with Gasteiger partial charge in [0.25, 0.3) is 0 Å². The minimum Gasteiger partial charge on any atom is -0.434 e. The third kappa shape index (κ3) is 5.92. The molecule has 2 rings (SSSR count). The van der Waals surface area contributed by atoms with Crippen LogP contribution in [0.25, 0.3) is 0 Å².